The Kier molecular flexibility index (Phi) is 7.05. The quantitative estimate of drug-likeness (QED) is 0.393. The number of carbonyl (C=O) groups excluding carboxylic acids is 2. The second kappa shape index (κ2) is 10.1. The summed E-state index contributed by atoms with van der Waals surface area (Å²) < 4.78 is 10.7. The molecule has 33 heavy (non-hydrogen) atoms. The Balaban J connectivity index is 1.66. The van der Waals surface area contributed by atoms with E-state index in [1.165, 1.54) is 4.90 Å². The molecule has 4 rings (SSSR count). The molecule has 2 aliphatic heterocycles. The number of hydrogen-bond acceptors (Lipinski definition) is 7. The number of rotatable bonds is 7. The zero-order valence-corrected chi connectivity index (χ0v) is 19.0. The maximum absolute atomic E-state index is 13.1. The number of aliphatic hydroxyl groups excluding tert-OH is 1. The van der Waals surface area contributed by atoms with Crippen molar-refractivity contribution in [3.8, 4) is 5.75 Å². The number of likely N-dealkylation sites (tertiary alicyclic amines) is 1. The molecule has 2 fully saturated rings. The van der Waals surface area contributed by atoms with Gasteiger partial charge in [0.25, 0.3) is 11.7 Å². The highest BCUT2D eigenvalue weighted by Gasteiger charge is 2.46. The van der Waals surface area contributed by atoms with Crippen LogP contribution in [-0.2, 0) is 14.3 Å². The second-order valence-electron chi connectivity index (χ2n) is 8.24. The smallest absolute Gasteiger partial charge is 0.295 e. The van der Waals surface area contributed by atoms with Crippen molar-refractivity contribution in [3.63, 3.8) is 0 Å². The number of amides is 1. The van der Waals surface area contributed by atoms with Crippen LogP contribution in [0.2, 0.25) is 0 Å². The number of aryl methyl sites for hydroxylation is 1. The van der Waals surface area contributed by atoms with Crippen LogP contribution in [0.15, 0.2) is 48.2 Å². The van der Waals surface area contributed by atoms with Gasteiger partial charge in [0.05, 0.1) is 31.6 Å². The molecule has 2 aliphatic rings. The average Bonchev–Trinajstić information content (AvgIpc) is 3.10. The Hall–Kier alpha value is -3.23. The lowest BCUT2D eigenvalue weighted by Crippen LogP contribution is -2.39. The molecule has 8 heteroatoms. The first-order valence-corrected chi connectivity index (χ1v) is 11.2. The summed E-state index contributed by atoms with van der Waals surface area (Å²) in [5.41, 5.74) is 1.89. The molecular formula is C25H29N3O5. The van der Waals surface area contributed by atoms with E-state index in [1.54, 1.807) is 43.6 Å². The third-order valence-corrected chi connectivity index (χ3v) is 6.15. The van der Waals surface area contributed by atoms with E-state index < -0.39 is 17.7 Å². The summed E-state index contributed by atoms with van der Waals surface area (Å²) in [5.74, 6) is -0.829. The molecular weight excluding hydrogens is 422 g/mol. The van der Waals surface area contributed by atoms with Gasteiger partial charge in [-0.15, -0.1) is 0 Å². The van der Waals surface area contributed by atoms with Crippen LogP contribution in [0.5, 0.6) is 5.75 Å². The normalized spacial score (nSPS) is 20.9. The predicted molar refractivity (Wildman–Crippen MR) is 123 cm³/mol. The van der Waals surface area contributed by atoms with Crippen LogP contribution < -0.4 is 4.74 Å². The Morgan fingerprint density at radius 1 is 1.18 bits per heavy atom. The first kappa shape index (κ1) is 22.9. The molecule has 0 aliphatic carbocycles. The molecule has 0 bridgehead atoms. The largest absolute Gasteiger partial charge is 0.507 e. The highest BCUT2D eigenvalue weighted by Crippen LogP contribution is 2.39. The van der Waals surface area contributed by atoms with Crippen LogP contribution >= 0.6 is 0 Å². The van der Waals surface area contributed by atoms with E-state index in [-0.39, 0.29) is 11.3 Å². The Bertz CT molecular complexity index is 1050. The van der Waals surface area contributed by atoms with Crippen LogP contribution in [0.3, 0.4) is 0 Å². The number of morpholine rings is 1. The molecule has 1 atom stereocenters. The minimum Gasteiger partial charge on any atom is -0.507 e. The van der Waals surface area contributed by atoms with Crippen LogP contribution in [0.25, 0.3) is 5.76 Å². The van der Waals surface area contributed by atoms with Gasteiger partial charge in [-0.05, 0) is 49.2 Å². The van der Waals surface area contributed by atoms with Crippen molar-refractivity contribution < 1.29 is 24.2 Å². The Morgan fingerprint density at radius 3 is 2.64 bits per heavy atom. The lowest BCUT2D eigenvalue weighted by atomic mass is 9.97. The predicted octanol–water partition coefficient (Wildman–Crippen LogP) is 2.54. The lowest BCUT2D eigenvalue weighted by molar-refractivity contribution is -0.140. The minimum absolute atomic E-state index is 0.0645. The number of ether oxygens (including phenoxy) is 2. The minimum atomic E-state index is -0.738. The van der Waals surface area contributed by atoms with Gasteiger partial charge in [0.2, 0.25) is 0 Å². The van der Waals surface area contributed by atoms with Gasteiger partial charge in [-0.3, -0.25) is 19.5 Å². The van der Waals surface area contributed by atoms with E-state index in [1.807, 2.05) is 13.0 Å². The van der Waals surface area contributed by atoms with Gasteiger partial charge in [0, 0.05) is 37.9 Å². The highest BCUT2D eigenvalue weighted by molar-refractivity contribution is 6.46. The second-order valence-corrected chi connectivity index (χ2v) is 8.24. The number of Topliss-reactive ketones (excluding diaryl/α,β-unsaturated/α-hetero) is 1. The van der Waals surface area contributed by atoms with Crippen molar-refractivity contribution in [1.82, 2.24) is 14.8 Å². The van der Waals surface area contributed by atoms with Gasteiger partial charge in [0.15, 0.2) is 0 Å². The van der Waals surface area contributed by atoms with Crippen molar-refractivity contribution >= 4 is 17.4 Å². The first-order valence-electron chi connectivity index (χ1n) is 11.2. The molecule has 0 radical (unpaired) electrons. The molecule has 0 unspecified atom stereocenters. The zero-order chi connectivity index (χ0) is 23.4. The fraction of sp³-hybridized carbons (Fsp3) is 0.400. The van der Waals surface area contributed by atoms with E-state index in [0.29, 0.717) is 43.2 Å². The molecule has 174 valence electrons. The summed E-state index contributed by atoms with van der Waals surface area (Å²) in [6, 6.07) is 9.79. The van der Waals surface area contributed by atoms with E-state index >= 15 is 0 Å². The van der Waals surface area contributed by atoms with Gasteiger partial charge in [-0.2, -0.15) is 0 Å². The number of aromatic nitrogens is 1. The zero-order valence-electron chi connectivity index (χ0n) is 19.0. The molecule has 0 spiro atoms. The van der Waals surface area contributed by atoms with Crippen molar-refractivity contribution in [2.24, 2.45) is 0 Å². The van der Waals surface area contributed by atoms with Crippen LogP contribution in [-0.4, -0.2) is 78.1 Å². The topological polar surface area (TPSA) is 92.2 Å². The molecule has 8 nitrogen and oxygen atoms in total. The van der Waals surface area contributed by atoms with Gasteiger partial charge in [0.1, 0.15) is 17.6 Å². The van der Waals surface area contributed by atoms with Crippen LogP contribution in [0.4, 0.5) is 0 Å². The van der Waals surface area contributed by atoms with Crippen LogP contribution in [0, 0.1) is 6.92 Å². The van der Waals surface area contributed by atoms with Crippen molar-refractivity contribution in [2.75, 3.05) is 46.5 Å². The molecule has 2 aromatic rings. The molecule has 1 amide bonds. The van der Waals surface area contributed by atoms with E-state index in [0.717, 1.165) is 25.2 Å². The van der Waals surface area contributed by atoms with Gasteiger partial charge in [-0.25, -0.2) is 0 Å². The van der Waals surface area contributed by atoms with Crippen molar-refractivity contribution in [2.45, 2.75) is 19.4 Å². The molecule has 3 heterocycles. The molecule has 2 saturated heterocycles. The lowest BCUT2D eigenvalue weighted by Gasteiger charge is -2.28. The fourth-order valence-corrected chi connectivity index (χ4v) is 4.43. The number of carbonyl (C=O) groups is 2. The van der Waals surface area contributed by atoms with Crippen molar-refractivity contribution in [3.05, 3.63) is 65.0 Å². The third kappa shape index (κ3) is 4.77. The summed E-state index contributed by atoms with van der Waals surface area (Å²) in [4.78, 5) is 34.4. The first-order chi connectivity index (χ1) is 16.0. The number of methoxy groups -OCH3 is 1. The van der Waals surface area contributed by atoms with E-state index in [9.17, 15) is 14.7 Å². The number of benzene rings is 1. The summed E-state index contributed by atoms with van der Waals surface area (Å²) in [5, 5.41) is 11.2. The highest BCUT2D eigenvalue weighted by atomic mass is 16.5. The Labute approximate surface area is 193 Å². The SMILES string of the molecule is COc1ccc(C(O)=C2C(=O)C(=O)N(CCCN3CCOCC3)[C@H]2c2ccccn2)cc1C. The summed E-state index contributed by atoms with van der Waals surface area (Å²) in [7, 11) is 1.57. The van der Waals surface area contributed by atoms with Gasteiger partial charge >= 0.3 is 0 Å². The number of aliphatic hydroxyl groups is 1. The number of pyridine rings is 1. The maximum atomic E-state index is 13.1. The van der Waals surface area contributed by atoms with Gasteiger partial charge < -0.3 is 19.5 Å². The average molecular weight is 452 g/mol. The molecule has 0 saturated carbocycles. The summed E-state index contributed by atoms with van der Waals surface area (Å²) in [6.45, 7) is 6.19. The fourth-order valence-electron chi connectivity index (χ4n) is 4.43. The Morgan fingerprint density at radius 2 is 1.97 bits per heavy atom. The molecule has 1 aromatic heterocycles. The molecule has 1 aromatic carbocycles. The maximum Gasteiger partial charge on any atom is 0.295 e. The monoisotopic (exact) mass is 451 g/mol. The summed E-state index contributed by atoms with van der Waals surface area (Å²) in [6.07, 6.45) is 2.33. The van der Waals surface area contributed by atoms with Gasteiger partial charge in [-0.1, -0.05) is 6.07 Å². The van der Waals surface area contributed by atoms with Crippen molar-refractivity contribution in [1.29, 1.82) is 0 Å². The standard InChI is InChI=1S/C25H29N3O5/c1-17-16-18(7-8-20(17)32-2)23(29)21-22(19-6-3-4-9-26-19)28(25(31)24(21)30)11-5-10-27-12-14-33-15-13-27/h3-4,6-9,16,22,29H,5,10-15H2,1-2H3/t22-/m0/s1. The third-order valence-electron chi connectivity index (χ3n) is 6.15. The summed E-state index contributed by atoms with van der Waals surface area (Å²) >= 11 is 0. The van der Waals surface area contributed by atoms with E-state index in [2.05, 4.69) is 9.88 Å². The number of nitrogens with zero attached hydrogens (tertiary/aromatic N) is 3. The number of ketones is 1. The molecule has 1 N–H and O–H groups in total. The van der Waals surface area contributed by atoms with E-state index in [4.69, 9.17) is 9.47 Å². The number of hydrogen-bond donors (Lipinski definition) is 1. The van der Waals surface area contributed by atoms with Crippen LogP contribution in [0.1, 0.15) is 29.3 Å².